The van der Waals surface area contributed by atoms with E-state index in [1.807, 2.05) is 12.2 Å². The second-order valence-electron chi connectivity index (χ2n) is 9.55. The van der Waals surface area contributed by atoms with Gasteiger partial charge in [-0.1, -0.05) is 29.9 Å². The van der Waals surface area contributed by atoms with Gasteiger partial charge in [0.25, 0.3) is 0 Å². The fraction of sp³-hybridized carbons (Fsp3) is 0.286. The van der Waals surface area contributed by atoms with Crippen molar-refractivity contribution in [1.29, 1.82) is 0 Å². The van der Waals surface area contributed by atoms with Crippen LogP contribution in [0.15, 0.2) is 65.5 Å². The number of benzene rings is 2. The molecule has 0 saturated heterocycles. The monoisotopic (exact) mass is 461 g/mol. The highest BCUT2D eigenvalue weighted by Crippen LogP contribution is 2.52. The van der Waals surface area contributed by atoms with Gasteiger partial charge in [-0.15, -0.1) is 0 Å². The molecule has 5 nitrogen and oxygen atoms in total. The van der Waals surface area contributed by atoms with Crippen LogP contribution in [0, 0.1) is 11.7 Å². The Kier molecular flexibility index (Phi) is 5.38. The molecule has 2 aliphatic heterocycles. The average molecular weight is 462 g/mol. The molecule has 3 aliphatic rings. The normalized spacial score (nSPS) is 23.6. The van der Waals surface area contributed by atoms with Crippen molar-refractivity contribution in [2.45, 2.75) is 39.0 Å². The molecular formula is C28H28FNO4. The van der Waals surface area contributed by atoms with Gasteiger partial charge in [0, 0.05) is 23.1 Å². The first-order valence-corrected chi connectivity index (χ1v) is 11.3. The highest BCUT2D eigenvalue weighted by molar-refractivity contribution is 5.91. The Morgan fingerprint density at radius 3 is 2.76 bits per heavy atom. The number of aromatic hydroxyl groups is 1. The van der Waals surface area contributed by atoms with Crippen LogP contribution >= 0.6 is 0 Å². The van der Waals surface area contributed by atoms with Gasteiger partial charge in [-0.2, -0.15) is 0 Å². The molecule has 3 N–H and O–H groups in total. The summed E-state index contributed by atoms with van der Waals surface area (Å²) in [6.07, 6.45) is 8.27. The van der Waals surface area contributed by atoms with Gasteiger partial charge in [0.2, 0.25) is 0 Å². The maximum Gasteiger partial charge on any atom is 0.172 e. The third kappa shape index (κ3) is 3.63. The maximum atomic E-state index is 13.8. The lowest BCUT2D eigenvalue weighted by Crippen LogP contribution is -2.52. The van der Waals surface area contributed by atoms with Crippen LogP contribution in [-0.2, 0) is 6.61 Å². The number of nitrogens with one attached hydrogen (secondary N) is 1. The van der Waals surface area contributed by atoms with E-state index >= 15 is 0 Å². The Balaban J connectivity index is 1.78. The standard InChI is InChI=1S/C28H28FNO4/c1-15-13-28(2,3)30-20-8-7-19-25(24(15)20)23(12-16-5-6-18(29)11-17(16)14-31)34-22-10-9-21(32)27(33-4)26(19)22/h5-13,20,24,30-32H,14H2,1-4H3/b23-12-. The van der Waals surface area contributed by atoms with Crippen molar-refractivity contribution in [2.24, 2.45) is 5.92 Å². The van der Waals surface area contributed by atoms with E-state index < -0.39 is 5.82 Å². The van der Waals surface area contributed by atoms with Crippen LogP contribution in [-0.4, -0.2) is 28.9 Å². The minimum absolute atomic E-state index is 0.0162. The van der Waals surface area contributed by atoms with Gasteiger partial charge in [0.05, 0.1) is 19.3 Å². The average Bonchev–Trinajstić information content (AvgIpc) is 2.79. The number of aliphatic hydroxyl groups is 1. The quantitative estimate of drug-likeness (QED) is 0.555. The zero-order valence-corrected chi connectivity index (χ0v) is 19.6. The highest BCUT2D eigenvalue weighted by atomic mass is 19.1. The van der Waals surface area contributed by atoms with E-state index in [0.29, 0.717) is 33.9 Å². The number of ether oxygens (including phenoxy) is 2. The van der Waals surface area contributed by atoms with Crippen molar-refractivity contribution in [2.75, 3.05) is 7.11 Å². The van der Waals surface area contributed by atoms with Crippen molar-refractivity contribution in [3.8, 4) is 17.2 Å². The zero-order valence-electron chi connectivity index (χ0n) is 19.6. The number of methoxy groups -OCH3 is 1. The highest BCUT2D eigenvalue weighted by Gasteiger charge is 2.42. The van der Waals surface area contributed by atoms with Crippen LogP contribution in [0.2, 0.25) is 0 Å². The number of halogens is 1. The summed E-state index contributed by atoms with van der Waals surface area (Å²) in [5.74, 6) is 1.15. The number of rotatable bonds is 3. The van der Waals surface area contributed by atoms with Crippen molar-refractivity contribution in [3.63, 3.8) is 0 Å². The van der Waals surface area contributed by atoms with E-state index in [-0.39, 0.29) is 29.9 Å². The number of allylic oxidation sites excluding steroid dienone is 3. The molecule has 0 amide bonds. The summed E-state index contributed by atoms with van der Waals surface area (Å²) in [4.78, 5) is 0. The summed E-state index contributed by atoms with van der Waals surface area (Å²) in [7, 11) is 1.53. The predicted octanol–water partition coefficient (Wildman–Crippen LogP) is 5.10. The molecule has 2 atom stereocenters. The van der Waals surface area contributed by atoms with Crippen molar-refractivity contribution >= 4 is 11.6 Å². The van der Waals surface area contributed by atoms with Crippen LogP contribution in [0.1, 0.15) is 37.5 Å². The molecule has 176 valence electrons. The van der Waals surface area contributed by atoms with E-state index in [9.17, 15) is 14.6 Å². The van der Waals surface area contributed by atoms with E-state index in [1.165, 1.54) is 24.8 Å². The number of phenolic OH excluding ortho intramolecular Hbond substituents is 1. The number of fused-ring (bicyclic) bond motifs is 4. The Morgan fingerprint density at radius 1 is 1.24 bits per heavy atom. The van der Waals surface area contributed by atoms with E-state index in [2.05, 4.69) is 38.2 Å². The molecular weight excluding hydrogens is 433 g/mol. The smallest absolute Gasteiger partial charge is 0.172 e. The second kappa shape index (κ2) is 8.15. The molecule has 0 spiro atoms. The fourth-order valence-corrected chi connectivity index (χ4v) is 5.40. The molecule has 1 aliphatic carbocycles. The minimum Gasteiger partial charge on any atom is -0.504 e. The fourth-order valence-electron chi connectivity index (χ4n) is 5.40. The number of phenols is 1. The van der Waals surface area contributed by atoms with Gasteiger partial charge < -0.3 is 25.0 Å². The van der Waals surface area contributed by atoms with Crippen molar-refractivity contribution < 1.29 is 24.1 Å². The van der Waals surface area contributed by atoms with Crippen LogP contribution in [0.5, 0.6) is 17.2 Å². The Morgan fingerprint density at radius 2 is 2.03 bits per heavy atom. The van der Waals surface area contributed by atoms with Gasteiger partial charge in [0.1, 0.15) is 17.3 Å². The molecule has 2 aromatic carbocycles. The molecule has 34 heavy (non-hydrogen) atoms. The molecule has 6 heteroatoms. The lowest BCUT2D eigenvalue weighted by atomic mass is 9.71. The van der Waals surface area contributed by atoms with Crippen molar-refractivity contribution in [3.05, 3.63) is 88.0 Å². The van der Waals surface area contributed by atoms with Gasteiger partial charge in [-0.05, 0) is 67.8 Å². The molecule has 0 saturated carbocycles. The van der Waals surface area contributed by atoms with Gasteiger partial charge in [-0.3, -0.25) is 0 Å². The van der Waals surface area contributed by atoms with E-state index in [1.54, 1.807) is 18.2 Å². The lowest BCUT2D eigenvalue weighted by Gasteiger charge is -2.44. The first kappa shape index (κ1) is 22.4. The minimum atomic E-state index is -0.403. The Labute approximate surface area is 198 Å². The summed E-state index contributed by atoms with van der Waals surface area (Å²) in [5, 5.41) is 24.0. The summed E-state index contributed by atoms with van der Waals surface area (Å²) in [6.45, 7) is 6.11. The maximum absolute atomic E-state index is 13.8. The van der Waals surface area contributed by atoms with Gasteiger partial charge >= 0.3 is 0 Å². The second-order valence-corrected chi connectivity index (χ2v) is 9.55. The van der Waals surface area contributed by atoms with Crippen LogP contribution in [0.4, 0.5) is 4.39 Å². The Bertz CT molecular complexity index is 1300. The molecule has 0 radical (unpaired) electrons. The third-order valence-corrected chi connectivity index (χ3v) is 6.67. The molecule has 0 fully saturated rings. The molecule has 2 aromatic rings. The molecule has 0 aromatic heterocycles. The van der Waals surface area contributed by atoms with E-state index in [0.717, 1.165) is 11.1 Å². The summed E-state index contributed by atoms with van der Waals surface area (Å²) < 4.78 is 25.8. The number of hydrogen-bond donors (Lipinski definition) is 3. The van der Waals surface area contributed by atoms with Gasteiger partial charge in [-0.25, -0.2) is 4.39 Å². The molecule has 2 unspecified atom stereocenters. The summed E-state index contributed by atoms with van der Waals surface area (Å²) >= 11 is 0. The lowest BCUT2D eigenvalue weighted by molar-refractivity contribution is 0.281. The van der Waals surface area contributed by atoms with Gasteiger partial charge in [0.15, 0.2) is 11.5 Å². The SMILES string of the molecule is COc1c(O)ccc2c1C1=C(/C(=C/c3ccc(F)cc3CO)O2)C2C(C)=CC(C)(C)NC2C=C1. The molecule has 5 rings (SSSR count). The van der Waals surface area contributed by atoms with Crippen molar-refractivity contribution in [1.82, 2.24) is 5.32 Å². The zero-order chi connectivity index (χ0) is 24.2. The van der Waals surface area contributed by atoms with Crippen LogP contribution in [0.25, 0.3) is 11.6 Å². The third-order valence-electron chi connectivity index (χ3n) is 6.67. The van der Waals surface area contributed by atoms with E-state index in [4.69, 9.17) is 9.47 Å². The summed E-state index contributed by atoms with van der Waals surface area (Å²) in [6, 6.07) is 7.65. The van der Waals surface area contributed by atoms with Crippen LogP contribution < -0.4 is 14.8 Å². The number of hydrogen-bond acceptors (Lipinski definition) is 5. The first-order valence-electron chi connectivity index (χ1n) is 11.3. The predicted molar refractivity (Wildman–Crippen MR) is 130 cm³/mol. The first-order chi connectivity index (χ1) is 16.2. The molecule has 0 bridgehead atoms. The Hall–Kier alpha value is -3.35. The summed E-state index contributed by atoms with van der Waals surface area (Å²) in [5.41, 5.74) is 4.74. The number of aliphatic hydroxyl groups excluding tert-OH is 1. The molecule has 2 heterocycles. The topological polar surface area (TPSA) is 71.0 Å². The largest absolute Gasteiger partial charge is 0.504 e. The van der Waals surface area contributed by atoms with Crippen LogP contribution in [0.3, 0.4) is 0 Å².